The van der Waals surface area contributed by atoms with Crippen molar-refractivity contribution >= 4 is 31.6 Å². The molecule has 0 saturated heterocycles. The molecule has 0 fully saturated rings. The molecule has 0 aliphatic carbocycles. The summed E-state index contributed by atoms with van der Waals surface area (Å²) in [5.41, 5.74) is 11.0. The van der Waals surface area contributed by atoms with Crippen molar-refractivity contribution in [1.82, 2.24) is 0 Å². The molecule has 0 radical (unpaired) electrons. The van der Waals surface area contributed by atoms with Crippen LogP contribution in [0.25, 0.3) is 11.1 Å². The summed E-state index contributed by atoms with van der Waals surface area (Å²) < 4.78 is 64.0. The zero-order valence-electron chi connectivity index (χ0n) is 11.0. The van der Waals surface area contributed by atoms with Crippen molar-refractivity contribution in [2.75, 3.05) is 11.5 Å². The standard InChI is InChI=1S/C12H12N2O6S2/c13-8-3-1-7(2-4-8)9-5-12(22(18,19)20)10(14)6-11(9)21(15,16)17/h1-6H,13-14H2,(H,15,16,17)(H,18,19,20). The van der Waals surface area contributed by atoms with Gasteiger partial charge in [-0.1, -0.05) is 12.1 Å². The molecule has 2 aromatic carbocycles. The minimum absolute atomic E-state index is 0.135. The quantitative estimate of drug-likeness (QED) is 0.474. The molecule has 0 aliphatic heterocycles. The van der Waals surface area contributed by atoms with E-state index in [1.165, 1.54) is 24.3 Å². The maximum Gasteiger partial charge on any atom is 0.296 e. The van der Waals surface area contributed by atoms with Gasteiger partial charge in [0.15, 0.2) is 0 Å². The van der Waals surface area contributed by atoms with Gasteiger partial charge < -0.3 is 11.5 Å². The predicted molar refractivity (Wildman–Crippen MR) is 80.3 cm³/mol. The molecule has 22 heavy (non-hydrogen) atoms. The summed E-state index contributed by atoms with van der Waals surface area (Å²) in [5, 5.41) is 0. The van der Waals surface area contributed by atoms with Gasteiger partial charge in [0.25, 0.3) is 20.2 Å². The van der Waals surface area contributed by atoms with Gasteiger partial charge in [-0.05, 0) is 29.8 Å². The molecule has 0 amide bonds. The van der Waals surface area contributed by atoms with Crippen LogP contribution in [0.1, 0.15) is 0 Å². The Morgan fingerprint density at radius 3 is 1.73 bits per heavy atom. The molecule has 0 unspecified atom stereocenters. The van der Waals surface area contributed by atoms with Crippen LogP contribution in [0.3, 0.4) is 0 Å². The highest BCUT2D eigenvalue weighted by atomic mass is 32.2. The first kappa shape index (κ1) is 16.2. The van der Waals surface area contributed by atoms with E-state index < -0.39 is 35.7 Å². The number of nitrogens with two attached hydrogens (primary N) is 2. The Morgan fingerprint density at radius 2 is 1.27 bits per heavy atom. The summed E-state index contributed by atoms with van der Waals surface area (Å²) in [6.45, 7) is 0. The molecule has 0 saturated carbocycles. The lowest BCUT2D eigenvalue weighted by atomic mass is 10.0. The first-order valence-electron chi connectivity index (χ1n) is 5.74. The molecule has 2 aromatic rings. The zero-order chi connectivity index (χ0) is 16.7. The van der Waals surface area contributed by atoms with Crippen LogP contribution in [0.2, 0.25) is 0 Å². The normalized spacial score (nSPS) is 12.3. The Hall–Kier alpha value is -2.14. The minimum atomic E-state index is -4.66. The number of rotatable bonds is 3. The van der Waals surface area contributed by atoms with Gasteiger partial charge >= 0.3 is 0 Å². The number of nitrogen functional groups attached to an aromatic ring is 2. The van der Waals surface area contributed by atoms with Crippen LogP contribution in [-0.4, -0.2) is 25.9 Å². The fourth-order valence-electron chi connectivity index (χ4n) is 1.90. The Balaban J connectivity index is 2.87. The lowest BCUT2D eigenvalue weighted by Gasteiger charge is -2.12. The van der Waals surface area contributed by atoms with Crippen molar-refractivity contribution in [1.29, 1.82) is 0 Å². The van der Waals surface area contributed by atoms with Gasteiger partial charge in [-0.25, -0.2) is 0 Å². The lowest BCUT2D eigenvalue weighted by molar-refractivity contribution is 0.479. The summed E-state index contributed by atoms with van der Waals surface area (Å²) in [4.78, 5) is -1.24. The molecule has 0 aromatic heterocycles. The Morgan fingerprint density at radius 1 is 0.773 bits per heavy atom. The molecular weight excluding hydrogens is 332 g/mol. The SMILES string of the molecule is Nc1ccc(-c2cc(S(=O)(=O)O)c(N)cc2S(=O)(=O)O)cc1. The third-order valence-electron chi connectivity index (χ3n) is 2.89. The third kappa shape index (κ3) is 3.20. The molecule has 0 atom stereocenters. The van der Waals surface area contributed by atoms with E-state index >= 15 is 0 Å². The average Bonchev–Trinajstić information content (AvgIpc) is 2.37. The Bertz CT molecular complexity index is 934. The highest BCUT2D eigenvalue weighted by molar-refractivity contribution is 7.86. The summed E-state index contributed by atoms with van der Waals surface area (Å²) in [5.74, 6) is 0. The number of anilines is 2. The predicted octanol–water partition coefficient (Wildman–Crippen LogP) is 1.01. The summed E-state index contributed by atoms with van der Waals surface area (Å²) in [7, 11) is -9.32. The Kier molecular flexibility index (Phi) is 3.87. The average molecular weight is 344 g/mol. The molecule has 0 spiro atoms. The third-order valence-corrected chi connectivity index (χ3v) is 4.69. The minimum Gasteiger partial charge on any atom is -0.399 e. The lowest BCUT2D eigenvalue weighted by Crippen LogP contribution is -2.08. The van der Waals surface area contributed by atoms with Crippen LogP contribution in [0.5, 0.6) is 0 Å². The molecule has 0 aliphatic rings. The van der Waals surface area contributed by atoms with E-state index in [0.717, 1.165) is 12.1 Å². The monoisotopic (exact) mass is 344 g/mol. The van der Waals surface area contributed by atoms with Crippen molar-refractivity contribution in [2.24, 2.45) is 0 Å². The maximum absolute atomic E-state index is 11.5. The van der Waals surface area contributed by atoms with E-state index in [0.29, 0.717) is 5.69 Å². The first-order valence-corrected chi connectivity index (χ1v) is 8.62. The van der Waals surface area contributed by atoms with Crippen LogP contribution in [-0.2, 0) is 20.2 Å². The number of benzene rings is 2. The van der Waals surface area contributed by atoms with Gasteiger partial charge in [0.1, 0.15) is 9.79 Å². The molecule has 6 N–H and O–H groups in total. The summed E-state index contributed by atoms with van der Waals surface area (Å²) in [6.07, 6.45) is 0. The second-order valence-electron chi connectivity index (χ2n) is 4.46. The first-order chi connectivity index (χ1) is 10.00. The largest absolute Gasteiger partial charge is 0.399 e. The van der Waals surface area contributed by atoms with Gasteiger partial charge in [-0.3, -0.25) is 9.11 Å². The van der Waals surface area contributed by atoms with Crippen molar-refractivity contribution in [3.63, 3.8) is 0 Å². The van der Waals surface area contributed by atoms with Crippen molar-refractivity contribution in [3.05, 3.63) is 36.4 Å². The van der Waals surface area contributed by atoms with E-state index in [9.17, 15) is 21.4 Å². The van der Waals surface area contributed by atoms with Gasteiger partial charge in [0.2, 0.25) is 0 Å². The van der Waals surface area contributed by atoms with Gasteiger partial charge in [0, 0.05) is 11.3 Å². The fraction of sp³-hybridized carbons (Fsp3) is 0. The van der Waals surface area contributed by atoms with Gasteiger partial charge in [-0.2, -0.15) is 16.8 Å². The highest BCUT2D eigenvalue weighted by Gasteiger charge is 2.23. The molecule has 0 bridgehead atoms. The van der Waals surface area contributed by atoms with E-state index in [2.05, 4.69) is 0 Å². The van der Waals surface area contributed by atoms with Crippen LogP contribution >= 0.6 is 0 Å². The van der Waals surface area contributed by atoms with Crippen LogP contribution < -0.4 is 11.5 Å². The topological polar surface area (TPSA) is 161 Å². The maximum atomic E-state index is 11.5. The molecule has 118 valence electrons. The number of hydrogen-bond acceptors (Lipinski definition) is 6. The number of hydrogen-bond donors (Lipinski definition) is 4. The summed E-state index contributed by atoms with van der Waals surface area (Å²) in [6, 6.07) is 7.44. The van der Waals surface area contributed by atoms with Gasteiger partial charge in [0.05, 0.1) is 5.69 Å². The summed E-state index contributed by atoms with van der Waals surface area (Å²) >= 11 is 0. The Labute approximate surface area is 126 Å². The molecule has 8 nitrogen and oxygen atoms in total. The van der Waals surface area contributed by atoms with Crippen molar-refractivity contribution < 1.29 is 25.9 Å². The molecular formula is C12H12N2O6S2. The molecule has 10 heteroatoms. The second-order valence-corrected chi connectivity index (χ2v) is 7.24. The van der Waals surface area contributed by atoms with Crippen molar-refractivity contribution in [3.8, 4) is 11.1 Å². The fourth-order valence-corrected chi connectivity index (χ4v) is 3.25. The second kappa shape index (κ2) is 5.25. The molecule has 2 rings (SSSR count). The van der Waals surface area contributed by atoms with Crippen LogP contribution in [0.15, 0.2) is 46.2 Å². The van der Waals surface area contributed by atoms with E-state index in [-0.39, 0.29) is 11.1 Å². The van der Waals surface area contributed by atoms with Crippen molar-refractivity contribution in [2.45, 2.75) is 9.79 Å². The zero-order valence-corrected chi connectivity index (χ0v) is 12.6. The molecule has 0 heterocycles. The van der Waals surface area contributed by atoms with Crippen LogP contribution in [0.4, 0.5) is 11.4 Å². The van der Waals surface area contributed by atoms with Crippen LogP contribution in [0, 0.1) is 0 Å². The highest BCUT2D eigenvalue weighted by Crippen LogP contribution is 2.33. The van der Waals surface area contributed by atoms with E-state index in [1.54, 1.807) is 0 Å². The van der Waals surface area contributed by atoms with Gasteiger partial charge in [-0.15, -0.1) is 0 Å². The van der Waals surface area contributed by atoms with E-state index in [4.69, 9.17) is 16.0 Å². The van der Waals surface area contributed by atoms with E-state index in [1.807, 2.05) is 0 Å². The smallest absolute Gasteiger partial charge is 0.296 e.